The minimum absolute atomic E-state index is 0.0276. The van der Waals surface area contributed by atoms with Crippen LogP contribution in [0.3, 0.4) is 0 Å². The van der Waals surface area contributed by atoms with Crippen molar-refractivity contribution in [3.8, 4) is 0 Å². The zero-order chi connectivity index (χ0) is 13.9. The van der Waals surface area contributed by atoms with Crippen LogP contribution >= 0.6 is 0 Å². The predicted molar refractivity (Wildman–Crippen MR) is 75.9 cm³/mol. The van der Waals surface area contributed by atoms with Gasteiger partial charge in [-0.2, -0.15) is 0 Å². The van der Waals surface area contributed by atoms with E-state index in [2.05, 4.69) is 0 Å². The average molecular weight is 270 g/mol. The third-order valence-corrected chi connectivity index (χ3v) is 3.55. The van der Waals surface area contributed by atoms with Gasteiger partial charge in [0.15, 0.2) is 0 Å². The first-order valence-electron chi connectivity index (χ1n) is 6.90. The number of hydrogen-bond acceptors (Lipinski definition) is 3. The number of hydrogen-bond donors (Lipinski definition) is 1. The maximum atomic E-state index is 12.6. The van der Waals surface area contributed by atoms with E-state index in [4.69, 9.17) is 10.2 Å². The summed E-state index contributed by atoms with van der Waals surface area (Å²) >= 11 is 0. The van der Waals surface area contributed by atoms with Crippen molar-refractivity contribution in [2.75, 3.05) is 0 Å². The molecule has 0 radical (unpaired) electrons. The van der Waals surface area contributed by atoms with Crippen molar-refractivity contribution in [2.45, 2.75) is 32.0 Å². The summed E-state index contributed by atoms with van der Waals surface area (Å²) in [5, 5.41) is 0. The van der Waals surface area contributed by atoms with Crippen LogP contribution in [-0.2, 0) is 13.1 Å². The van der Waals surface area contributed by atoms with Crippen molar-refractivity contribution >= 4 is 5.91 Å². The molecule has 2 N–H and O–H groups in total. The normalized spacial score (nSPS) is 14.2. The van der Waals surface area contributed by atoms with Crippen LogP contribution in [0.2, 0.25) is 0 Å². The van der Waals surface area contributed by atoms with Crippen molar-refractivity contribution in [1.29, 1.82) is 0 Å². The maximum Gasteiger partial charge on any atom is 0.257 e. The number of carbonyl (C=O) groups is 1. The second-order valence-corrected chi connectivity index (χ2v) is 5.16. The Morgan fingerprint density at radius 3 is 2.65 bits per heavy atom. The van der Waals surface area contributed by atoms with Crippen LogP contribution in [0.4, 0.5) is 0 Å². The van der Waals surface area contributed by atoms with Crippen molar-refractivity contribution < 1.29 is 9.21 Å². The third kappa shape index (κ3) is 2.75. The molecule has 3 rings (SSSR count). The molecule has 4 nitrogen and oxygen atoms in total. The second-order valence-electron chi connectivity index (χ2n) is 5.16. The molecule has 20 heavy (non-hydrogen) atoms. The van der Waals surface area contributed by atoms with Gasteiger partial charge in [0.25, 0.3) is 5.91 Å². The molecule has 1 heterocycles. The number of nitrogens with two attached hydrogens (primary N) is 1. The van der Waals surface area contributed by atoms with Crippen molar-refractivity contribution in [3.05, 3.63) is 59.5 Å². The molecule has 4 heteroatoms. The van der Waals surface area contributed by atoms with Crippen LogP contribution in [0, 0.1) is 0 Å². The molecule has 2 aromatic rings. The molecule has 0 aliphatic heterocycles. The lowest BCUT2D eigenvalue weighted by Gasteiger charge is -2.21. The van der Waals surface area contributed by atoms with Gasteiger partial charge in [-0.25, -0.2) is 0 Å². The van der Waals surface area contributed by atoms with Gasteiger partial charge in [-0.15, -0.1) is 0 Å². The highest BCUT2D eigenvalue weighted by Crippen LogP contribution is 2.30. The van der Waals surface area contributed by atoms with Crippen LogP contribution in [0.15, 0.2) is 47.1 Å². The van der Waals surface area contributed by atoms with E-state index in [0.29, 0.717) is 30.5 Å². The van der Waals surface area contributed by atoms with Gasteiger partial charge in [0, 0.05) is 12.6 Å². The first kappa shape index (κ1) is 12.9. The first-order valence-corrected chi connectivity index (χ1v) is 6.90. The number of furan rings is 1. The lowest BCUT2D eigenvalue weighted by molar-refractivity contribution is 0.0729. The molecule has 1 amide bonds. The molecule has 0 atom stereocenters. The highest BCUT2D eigenvalue weighted by molar-refractivity contribution is 5.94. The molecule has 104 valence electrons. The zero-order valence-corrected chi connectivity index (χ0v) is 11.3. The summed E-state index contributed by atoms with van der Waals surface area (Å²) in [6.07, 6.45) is 3.67. The number of nitrogens with zero attached hydrogens (tertiary/aromatic N) is 1. The molecule has 0 bridgehead atoms. The average Bonchev–Trinajstić information content (AvgIpc) is 3.21. The van der Waals surface area contributed by atoms with Crippen molar-refractivity contribution in [3.63, 3.8) is 0 Å². The molecule has 1 aliphatic rings. The Morgan fingerprint density at radius 1 is 1.30 bits per heavy atom. The summed E-state index contributed by atoms with van der Waals surface area (Å²) in [4.78, 5) is 14.5. The van der Waals surface area contributed by atoms with E-state index in [0.717, 1.165) is 18.4 Å². The van der Waals surface area contributed by atoms with E-state index in [1.165, 1.54) is 6.26 Å². The molecule has 1 saturated carbocycles. The van der Waals surface area contributed by atoms with Gasteiger partial charge in [-0.05, 0) is 24.5 Å². The van der Waals surface area contributed by atoms with E-state index in [9.17, 15) is 4.79 Å². The van der Waals surface area contributed by atoms with Crippen LogP contribution in [0.1, 0.15) is 34.5 Å². The summed E-state index contributed by atoms with van der Waals surface area (Å²) in [5.41, 5.74) is 7.26. The van der Waals surface area contributed by atoms with Gasteiger partial charge in [0.2, 0.25) is 0 Å². The molecule has 0 spiro atoms. The first-order chi connectivity index (χ1) is 9.78. The largest absolute Gasteiger partial charge is 0.467 e. The molecule has 1 aromatic carbocycles. The Balaban J connectivity index is 1.78. The highest BCUT2D eigenvalue weighted by atomic mass is 16.3. The Hall–Kier alpha value is -2.07. The van der Waals surface area contributed by atoms with Crippen molar-refractivity contribution in [2.24, 2.45) is 5.73 Å². The number of amides is 1. The fourth-order valence-corrected chi connectivity index (χ4v) is 2.30. The summed E-state index contributed by atoms with van der Waals surface area (Å²) in [7, 11) is 0. The summed E-state index contributed by atoms with van der Waals surface area (Å²) in [6.45, 7) is 0.961. The van der Waals surface area contributed by atoms with Gasteiger partial charge in [0.1, 0.15) is 12.0 Å². The summed E-state index contributed by atoms with van der Waals surface area (Å²) < 4.78 is 5.26. The maximum absolute atomic E-state index is 12.6. The minimum Gasteiger partial charge on any atom is -0.467 e. The second kappa shape index (κ2) is 5.51. The van der Waals surface area contributed by atoms with Crippen molar-refractivity contribution in [1.82, 2.24) is 4.90 Å². The lowest BCUT2D eigenvalue weighted by atomic mass is 10.2. The smallest absolute Gasteiger partial charge is 0.257 e. The van der Waals surface area contributed by atoms with E-state index in [-0.39, 0.29) is 5.91 Å². The van der Waals surface area contributed by atoms with Crippen LogP contribution < -0.4 is 5.73 Å². The van der Waals surface area contributed by atoms with Gasteiger partial charge >= 0.3 is 0 Å². The molecular weight excluding hydrogens is 252 g/mol. The molecule has 0 unspecified atom stereocenters. The van der Waals surface area contributed by atoms with Gasteiger partial charge < -0.3 is 15.1 Å². The molecule has 1 fully saturated rings. The van der Waals surface area contributed by atoms with Crippen LogP contribution in [0.5, 0.6) is 0 Å². The van der Waals surface area contributed by atoms with E-state index in [1.807, 2.05) is 35.2 Å². The quantitative estimate of drug-likeness (QED) is 0.908. The van der Waals surface area contributed by atoms with Gasteiger partial charge in [-0.1, -0.05) is 30.3 Å². The minimum atomic E-state index is 0.0276. The lowest BCUT2D eigenvalue weighted by Crippen LogP contribution is -2.32. The van der Waals surface area contributed by atoms with E-state index >= 15 is 0 Å². The molecule has 1 aliphatic carbocycles. The Bertz CT molecular complexity index is 588. The highest BCUT2D eigenvalue weighted by Gasteiger charge is 2.33. The van der Waals surface area contributed by atoms with Gasteiger partial charge in [-0.3, -0.25) is 4.79 Å². The third-order valence-electron chi connectivity index (χ3n) is 3.55. The monoisotopic (exact) mass is 270 g/mol. The fourth-order valence-electron chi connectivity index (χ4n) is 2.30. The molecule has 0 saturated heterocycles. The van der Waals surface area contributed by atoms with E-state index in [1.54, 1.807) is 6.07 Å². The van der Waals surface area contributed by atoms with Crippen LogP contribution in [-0.4, -0.2) is 16.8 Å². The van der Waals surface area contributed by atoms with E-state index < -0.39 is 0 Å². The van der Waals surface area contributed by atoms with Crippen LogP contribution in [0.25, 0.3) is 0 Å². The SMILES string of the molecule is NCc1cc(C(=O)N(Cc2ccccc2)C2CC2)co1. The molecular formula is C16H18N2O2. The number of rotatable bonds is 5. The zero-order valence-electron chi connectivity index (χ0n) is 11.3. The standard InChI is InChI=1S/C16H18N2O2/c17-9-15-8-13(11-20-15)16(19)18(14-6-7-14)10-12-4-2-1-3-5-12/h1-5,8,11,14H,6-7,9-10,17H2. The Kier molecular flexibility index (Phi) is 3.56. The predicted octanol–water partition coefficient (Wildman–Crippen LogP) is 2.54. The Labute approximate surface area is 118 Å². The fraction of sp³-hybridized carbons (Fsp3) is 0.312. The number of benzene rings is 1. The topological polar surface area (TPSA) is 59.5 Å². The molecule has 1 aromatic heterocycles. The Morgan fingerprint density at radius 2 is 2.05 bits per heavy atom. The summed E-state index contributed by atoms with van der Waals surface area (Å²) in [5.74, 6) is 0.670. The number of carbonyl (C=O) groups excluding carboxylic acids is 1. The van der Waals surface area contributed by atoms with Gasteiger partial charge in [0.05, 0.1) is 12.1 Å². The summed E-state index contributed by atoms with van der Waals surface area (Å²) in [6, 6.07) is 12.2.